The van der Waals surface area contributed by atoms with Crippen LogP contribution >= 0.6 is 0 Å². The zero-order valence-corrected chi connectivity index (χ0v) is 15.7. The van der Waals surface area contributed by atoms with Crippen molar-refractivity contribution in [2.24, 2.45) is 5.92 Å². The van der Waals surface area contributed by atoms with Gasteiger partial charge in [0, 0.05) is 24.8 Å². The molecule has 142 valence electrons. The van der Waals surface area contributed by atoms with Crippen molar-refractivity contribution in [1.29, 1.82) is 0 Å². The second-order valence-corrected chi connectivity index (χ2v) is 7.01. The van der Waals surface area contributed by atoms with Crippen LogP contribution in [0.3, 0.4) is 0 Å². The van der Waals surface area contributed by atoms with Gasteiger partial charge in [-0.3, -0.25) is 0 Å². The Kier molecular flexibility index (Phi) is 5.49. The number of piperidine rings is 1. The number of anilines is 1. The molecule has 0 unspecified atom stereocenters. The lowest BCUT2D eigenvalue weighted by atomic mass is 9.96. The third-order valence-electron chi connectivity index (χ3n) is 5.17. The Morgan fingerprint density at radius 3 is 2.70 bits per heavy atom. The number of nitrogens with zero attached hydrogens (tertiary/aromatic N) is 1. The van der Waals surface area contributed by atoms with Gasteiger partial charge in [0.25, 0.3) is 0 Å². The van der Waals surface area contributed by atoms with Crippen LogP contribution < -0.4 is 24.4 Å². The van der Waals surface area contributed by atoms with Gasteiger partial charge in [0.15, 0.2) is 17.3 Å². The largest absolute Gasteiger partial charge is 0.497 e. The standard InChI is InChI=1S/C22H26N2O3/c1-25-19-6-4-5-18(13-19)24-11-9-17(10-12-24)14-23-15-20-16-26-21-7-2-3-8-22(21)27-20/h2-8,13,16-17,23H,9-12,14-15H2,1H3. The van der Waals surface area contributed by atoms with E-state index in [1.54, 1.807) is 13.4 Å². The third-order valence-corrected chi connectivity index (χ3v) is 5.17. The summed E-state index contributed by atoms with van der Waals surface area (Å²) < 4.78 is 16.8. The van der Waals surface area contributed by atoms with Crippen molar-refractivity contribution in [2.75, 3.05) is 38.2 Å². The number of nitrogens with one attached hydrogen (secondary N) is 1. The molecule has 0 saturated carbocycles. The first kappa shape index (κ1) is 17.7. The van der Waals surface area contributed by atoms with Gasteiger partial charge >= 0.3 is 0 Å². The summed E-state index contributed by atoms with van der Waals surface area (Å²) >= 11 is 0. The first-order valence-corrected chi connectivity index (χ1v) is 9.54. The van der Waals surface area contributed by atoms with E-state index in [4.69, 9.17) is 14.2 Å². The number of para-hydroxylation sites is 2. The summed E-state index contributed by atoms with van der Waals surface area (Å²) in [6.07, 6.45) is 4.06. The maximum Gasteiger partial charge on any atom is 0.169 e. The van der Waals surface area contributed by atoms with Gasteiger partial charge in [-0.05, 0) is 49.6 Å². The Morgan fingerprint density at radius 1 is 1.07 bits per heavy atom. The van der Waals surface area contributed by atoms with Crippen molar-refractivity contribution in [3.8, 4) is 17.2 Å². The lowest BCUT2D eigenvalue weighted by molar-refractivity contribution is 0.307. The van der Waals surface area contributed by atoms with Crippen molar-refractivity contribution >= 4 is 5.69 Å². The highest BCUT2D eigenvalue weighted by atomic mass is 16.6. The van der Waals surface area contributed by atoms with E-state index in [0.29, 0.717) is 12.5 Å². The quantitative estimate of drug-likeness (QED) is 0.842. The highest BCUT2D eigenvalue weighted by molar-refractivity contribution is 5.51. The number of fused-ring (bicyclic) bond motifs is 1. The number of hydrogen-bond acceptors (Lipinski definition) is 5. The summed E-state index contributed by atoms with van der Waals surface area (Å²) in [6, 6.07) is 16.0. The molecule has 2 aliphatic rings. The van der Waals surface area contributed by atoms with Crippen LogP contribution in [-0.4, -0.2) is 33.3 Å². The minimum absolute atomic E-state index is 0.684. The Morgan fingerprint density at radius 2 is 1.89 bits per heavy atom. The molecule has 4 rings (SSSR count). The van der Waals surface area contributed by atoms with Crippen molar-refractivity contribution in [3.63, 3.8) is 0 Å². The minimum atomic E-state index is 0.684. The van der Waals surface area contributed by atoms with Gasteiger partial charge in [0.05, 0.1) is 13.7 Å². The molecule has 0 atom stereocenters. The maximum atomic E-state index is 5.87. The van der Waals surface area contributed by atoms with Crippen molar-refractivity contribution in [2.45, 2.75) is 12.8 Å². The molecular weight excluding hydrogens is 340 g/mol. The minimum Gasteiger partial charge on any atom is -0.497 e. The Bertz CT molecular complexity index is 798. The third kappa shape index (κ3) is 4.37. The van der Waals surface area contributed by atoms with Gasteiger partial charge in [-0.2, -0.15) is 0 Å². The molecule has 5 nitrogen and oxygen atoms in total. The molecule has 0 amide bonds. The predicted molar refractivity (Wildman–Crippen MR) is 107 cm³/mol. The maximum absolute atomic E-state index is 5.87. The fourth-order valence-corrected chi connectivity index (χ4v) is 3.61. The molecule has 5 heteroatoms. The number of benzene rings is 2. The molecule has 0 aromatic heterocycles. The molecule has 2 aromatic carbocycles. The SMILES string of the molecule is COc1cccc(N2CCC(CNCC3=COc4ccccc4O3)CC2)c1. The molecule has 1 saturated heterocycles. The van der Waals surface area contributed by atoms with E-state index in [0.717, 1.165) is 42.6 Å². The highest BCUT2D eigenvalue weighted by Gasteiger charge is 2.20. The predicted octanol–water partition coefficient (Wildman–Crippen LogP) is 3.81. The topological polar surface area (TPSA) is 43.0 Å². The molecular formula is C22H26N2O3. The summed E-state index contributed by atoms with van der Waals surface area (Å²) in [5, 5.41) is 3.52. The van der Waals surface area contributed by atoms with E-state index in [9.17, 15) is 0 Å². The lowest BCUT2D eigenvalue weighted by Gasteiger charge is -2.34. The molecule has 2 heterocycles. The van der Waals surface area contributed by atoms with Crippen LogP contribution in [-0.2, 0) is 0 Å². The first-order chi connectivity index (χ1) is 13.3. The molecule has 0 radical (unpaired) electrons. The molecule has 2 aromatic rings. The van der Waals surface area contributed by atoms with Crippen LogP contribution in [0.15, 0.2) is 60.6 Å². The van der Waals surface area contributed by atoms with E-state index < -0.39 is 0 Å². The summed E-state index contributed by atoms with van der Waals surface area (Å²) in [5.41, 5.74) is 1.25. The Balaban J connectivity index is 1.21. The van der Waals surface area contributed by atoms with Crippen LogP contribution in [0.4, 0.5) is 5.69 Å². The molecule has 0 aliphatic carbocycles. The summed E-state index contributed by atoms with van der Waals surface area (Å²) in [6.45, 7) is 3.84. The average Bonchev–Trinajstić information content (AvgIpc) is 2.74. The fourth-order valence-electron chi connectivity index (χ4n) is 3.61. The van der Waals surface area contributed by atoms with Crippen LogP contribution in [0.2, 0.25) is 0 Å². The number of hydrogen-bond donors (Lipinski definition) is 1. The molecule has 0 spiro atoms. The Labute approximate surface area is 160 Å². The Hall–Kier alpha value is -2.66. The summed E-state index contributed by atoms with van der Waals surface area (Å²) in [7, 11) is 1.71. The second-order valence-electron chi connectivity index (χ2n) is 7.01. The van der Waals surface area contributed by atoms with Gasteiger partial charge in [0.2, 0.25) is 0 Å². The second kappa shape index (κ2) is 8.35. The van der Waals surface area contributed by atoms with Crippen LogP contribution in [0, 0.1) is 5.92 Å². The van der Waals surface area contributed by atoms with Gasteiger partial charge in [0.1, 0.15) is 12.0 Å². The van der Waals surface area contributed by atoms with Gasteiger partial charge in [-0.1, -0.05) is 18.2 Å². The average molecular weight is 366 g/mol. The van der Waals surface area contributed by atoms with Crippen molar-refractivity contribution in [3.05, 3.63) is 60.6 Å². The molecule has 27 heavy (non-hydrogen) atoms. The summed E-state index contributed by atoms with van der Waals surface area (Å²) in [5.74, 6) is 3.97. The van der Waals surface area contributed by atoms with Gasteiger partial charge < -0.3 is 24.4 Å². The summed E-state index contributed by atoms with van der Waals surface area (Å²) in [4.78, 5) is 2.44. The van der Waals surface area contributed by atoms with Gasteiger partial charge in [-0.25, -0.2) is 0 Å². The van der Waals surface area contributed by atoms with Crippen molar-refractivity contribution in [1.82, 2.24) is 5.32 Å². The van der Waals surface area contributed by atoms with Gasteiger partial charge in [-0.15, -0.1) is 0 Å². The molecule has 1 fully saturated rings. The van der Waals surface area contributed by atoms with E-state index in [1.807, 2.05) is 30.3 Å². The van der Waals surface area contributed by atoms with E-state index in [2.05, 4.69) is 28.4 Å². The zero-order chi connectivity index (χ0) is 18.5. The van der Waals surface area contributed by atoms with Crippen LogP contribution in [0.1, 0.15) is 12.8 Å². The number of methoxy groups -OCH3 is 1. The van der Waals surface area contributed by atoms with E-state index in [1.165, 1.54) is 18.5 Å². The highest BCUT2D eigenvalue weighted by Crippen LogP contribution is 2.31. The normalized spacial score (nSPS) is 16.8. The zero-order valence-electron chi connectivity index (χ0n) is 15.7. The van der Waals surface area contributed by atoms with E-state index in [-0.39, 0.29) is 0 Å². The number of ether oxygens (including phenoxy) is 3. The monoisotopic (exact) mass is 366 g/mol. The van der Waals surface area contributed by atoms with E-state index >= 15 is 0 Å². The molecule has 0 bridgehead atoms. The fraction of sp³-hybridized carbons (Fsp3) is 0.364. The lowest BCUT2D eigenvalue weighted by Crippen LogP contribution is -2.38. The van der Waals surface area contributed by atoms with Crippen LogP contribution in [0.25, 0.3) is 0 Å². The molecule has 1 N–H and O–H groups in total. The van der Waals surface area contributed by atoms with Crippen molar-refractivity contribution < 1.29 is 14.2 Å². The smallest absolute Gasteiger partial charge is 0.169 e. The number of rotatable bonds is 6. The van der Waals surface area contributed by atoms with Crippen LogP contribution in [0.5, 0.6) is 17.2 Å². The first-order valence-electron chi connectivity index (χ1n) is 9.54. The molecule has 2 aliphatic heterocycles.